The van der Waals surface area contributed by atoms with Crippen LogP contribution in [0.3, 0.4) is 0 Å². The molecule has 0 bridgehead atoms. The minimum absolute atomic E-state index is 0.0566. The second kappa shape index (κ2) is 8.77. The van der Waals surface area contributed by atoms with Gasteiger partial charge in [-0.2, -0.15) is 0 Å². The van der Waals surface area contributed by atoms with Crippen molar-refractivity contribution in [1.29, 1.82) is 0 Å². The summed E-state index contributed by atoms with van der Waals surface area (Å²) in [5.74, 6) is -0.741. The summed E-state index contributed by atoms with van der Waals surface area (Å²) in [7, 11) is 1.29. The van der Waals surface area contributed by atoms with Crippen LogP contribution in [-0.4, -0.2) is 31.1 Å². The SMILES string of the molecule is CC[C@@H](C)[C@H](NC(=O)Nc1cccc(NC(C)=O)c1)C(=O)OC. The fraction of sp³-hybridized carbons (Fsp3) is 0.438. The molecule has 0 spiro atoms. The summed E-state index contributed by atoms with van der Waals surface area (Å²) >= 11 is 0. The third kappa shape index (κ3) is 5.98. The van der Waals surface area contributed by atoms with Gasteiger partial charge in [0.15, 0.2) is 0 Å². The first-order valence-electron chi connectivity index (χ1n) is 7.40. The molecule has 0 aliphatic rings. The molecule has 2 atom stereocenters. The Kier molecular flexibility index (Phi) is 7.05. The Hall–Kier alpha value is -2.57. The number of anilines is 2. The number of amides is 3. The monoisotopic (exact) mass is 321 g/mol. The molecule has 0 radical (unpaired) electrons. The average Bonchev–Trinajstić information content (AvgIpc) is 2.50. The van der Waals surface area contributed by atoms with E-state index in [1.54, 1.807) is 24.3 Å². The number of hydrogen-bond acceptors (Lipinski definition) is 4. The normalized spacial score (nSPS) is 12.7. The largest absolute Gasteiger partial charge is 0.467 e. The first kappa shape index (κ1) is 18.5. The molecule has 3 N–H and O–H groups in total. The van der Waals surface area contributed by atoms with Gasteiger partial charge in [0, 0.05) is 18.3 Å². The Labute approximate surface area is 135 Å². The zero-order valence-electron chi connectivity index (χ0n) is 13.8. The van der Waals surface area contributed by atoms with E-state index in [0.717, 1.165) is 6.42 Å². The lowest BCUT2D eigenvalue weighted by atomic mass is 9.99. The molecule has 0 aliphatic heterocycles. The molecule has 0 aromatic heterocycles. The van der Waals surface area contributed by atoms with E-state index in [2.05, 4.69) is 16.0 Å². The number of urea groups is 1. The number of carbonyl (C=O) groups is 3. The third-order valence-corrected chi connectivity index (χ3v) is 3.40. The molecule has 0 unspecified atom stereocenters. The van der Waals surface area contributed by atoms with Gasteiger partial charge in [-0.1, -0.05) is 26.3 Å². The van der Waals surface area contributed by atoms with Crippen LogP contribution in [0.25, 0.3) is 0 Å². The molecular formula is C16H23N3O4. The molecule has 0 heterocycles. The number of methoxy groups -OCH3 is 1. The van der Waals surface area contributed by atoms with E-state index in [-0.39, 0.29) is 11.8 Å². The van der Waals surface area contributed by atoms with Crippen LogP contribution in [0.2, 0.25) is 0 Å². The topological polar surface area (TPSA) is 96.5 Å². The highest BCUT2D eigenvalue weighted by Crippen LogP contribution is 2.15. The van der Waals surface area contributed by atoms with Crippen LogP contribution >= 0.6 is 0 Å². The van der Waals surface area contributed by atoms with E-state index in [1.807, 2.05) is 13.8 Å². The maximum atomic E-state index is 12.1. The van der Waals surface area contributed by atoms with Gasteiger partial charge in [-0.25, -0.2) is 9.59 Å². The van der Waals surface area contributed by atoms with E-state index in [1.165, 1.54) is 14.0 Å². The van der Waals surface area contributed by atoms with Gasteiger partial charge in [0.1, 0.15) is 6.04 Å². The third-order valence-electron chi connectivity index (χ3n) is 3.40. The van der Waals surface area contributed by atoms with E-state index >= 15 is 0 Å². The molecule has 7 heteroatoms. The number of nitrogens with one attached hydrogen (secondary N) is 3. The van der Waals surface area contributed by atoms with E-state index in [4.69, 9.17) is 4.74 Å². The molecule has 1 aromatic rings. The zero-order valence-corrected chi connectivity index (χ0v) is 13.8. The van der Waals surface area contributed by atoms with Crippen molar-refractivity contribution >= 4 is 29.3 Å². The van der Waals surface area contributed by atoms with Gasteiger partial charge in [-0.15, -0.1) is 0 Å². The first-order valence-corrected chi connectivity index (χ1v) is 7.40. The maximum Gasteiger partial charge on any atom is 0.328 e. The van der Waals surface area contributed by atoms with Crippen molar-refractivity contribution in [2.75, 3.05) is 17.7 Å². The van der Waals surface area contributed by atoms with Gasteiger partial charge in [-0.05, 0) is 24.1 Å². The minimum Gasteiger partial charge on any atom is -0.467 e. The molecule has 0 fully saturated rings. The number of hydrogen-bond donors (Lipinski definition) is 3. The van der Waals surface area contributed by atoms with E-state index in [0.29, 0.717) is 11.4 Å². The summed E-state index contributed by atoms with van der Waals surface area (Å²) in [5.41, 5.74) is 1.07. The van der Waals surface area contributed by atoms with Gasteiger partial charge in [0.2, 0.25) is 5.91 Å². The summed E-state index contributed by atoms with van der Waals surface area (Å²) in [6.07, 6.45) is 0.720. The number of carbonyl (C=O) groups excluding carboxylic acids is 3. The fourth-order valence-corrected chi connectivity index (χ4v) is 1.98. The summed E-state index contributed by atoms with van der Waals surface area (Å²) in [6.45, 7) is 5.19. The lowest BCUT2D eigenvalue weighted by molar-refractivity contribution is -0.144. The van der Waals surface area contributed by atoms with Crippen molar-refractivity contribution in [1.82, 2.24) is 5.32 Å². The highest BCUT2D eigenvalue weighted by Gasteiger charge is 2.26. The van der Waals surface area contributed by atoms with Crippen molar-refractivity contribution in [3.05, 3.63) is 24.3 Å². The standard InChI is InChI=1S/C16H23N3O4/c1-5-10(2)14(15(21)23-4)19-16(22)18-13-8-6-7-12(9-13)17-11(3)20/h6-10,14H,5H2,1-4H3,(H,17,20)(H2,18,19,22)/t10-,14+/m1/s1. The zero-order chi connectivity index (χ0) is 17.4. The second-order valence-corrected chi connectivity index (χ2v) is 5.25. The molecule has 1 aromatic carbocycles. The van der Waals surface area contributed by atoms with Crippen LogP contribution in [0, 0.1) is 5.92 Å². The average molecular weight is 321 g/mol. The predicted molar refractivity (Wildman–Crippen MR) is 88.2 cm³/mol. The smallest absolute Gasteiger partial charge is 0.328 e. The highest BCUT2D eigenvalue weighted by molar-refractivity contribution is 5.94. The quantitative estimate of drug-likeness (QED) is 0.701. The van der Waals surface area contributed by atoms with Crippen molar-refractivity contribution in [2.45, 2.75) is 33.2 Å². The van der Waals surface area contributed by atoms with Crippen molar-refractivity contribution in [2.24, 2.45) is 5.92 Å². The molecule has 3 amide bonds. The highest BCUT2D eigenvalue weighted by atomic mass is 16.5. The number of ether oxygens (including phenoxy) is 1. The van der Waals surface area contributed by atoms with E-state index in [9.17, 15) is 14.4 Å². The predicted octanol–water partition coefficient (Wildman–Crippen LogP) is 2.35. The molecule has 7 nitrogen and oxygen atoms in total. The Morgan fingerprint density at radius 1 is 1.17 bits per heavy atom. The Balaban J connectivity index is 2.74. The summed E-state index contributed by atoms with van der Waals surface area (Å²) in [4.78, 5) is 34.9. The lowest BCUT2D eigenvalue weighted by Crippen LogP contribution is -2.47. The first-order chi connectivity index (χ1) is 10.9. The van der Waals surface area contributed by atoms with Crippen molar-refractivity contribution in [3.63, 3.8) is 0 Å². The van der Waals surface area contributed by atoms with Crippen molar-refractivity contribution in [3.8, 4) is 0 Å². The Bertz CT molecular complexity index is 574. The minimum atomic E-state index is -0.719. The summed E-state index contributed by atoms with van der Waals surface area (Å²) < 4.78 is 4.72. The molecule has 126 valence electrons. The van der Waals surface area contributed by atoms with Gasteiger partial charge in [0.05, 0.1) is 7.11 Å². The van der Waals surface area contributed by atoms with Gasteiger partial charge in [0.25, 0.3) is 0 Å². The maximum absolute atomic E-state index is 12.1. The second-order valence-electron chi connectivity index (χ2n) is 5.25. The number of benzene rings is 1. The summed E-state index contributed by atoms with van der Waals surface area (Å²) in [5, 5.41) is 7.88. The van der Waals surface area contributed by atoms with E-state index < -0.39 is 18.0 Å². The van der Waals surface area contributed by atoms with Crippen LogP contribution in [0.1, 0.15) is 27.2 Å². The summed E-state index contributed by atoms with van der Waals surface area (Å²) in [6, 6.07) is 5.48. The molecule has 23 heavy (non-hydrogen) atoms. The van der Waals surface area contributed by atoms with Crippen LogP contribution in [0.4, 0.5) is 16.2 Å². The lowest BCUT2D eigenvalue weighted by Gasteiger charge is -2.22. The van der Waals surface area contributed by atoms with Gasteiger partial charge < -0.3 is 20.7 Å². The molecule has 0 aliphatic carbocycles. The number of rotatable bonds is 6. The van der Waals surface area contributed by atoms with Crippen molar-refractivity contribution < 1.29 is 19.1 Å². The van der Waals surface area contributed by atoms with Crippen LogP contribution in [0.5, 0.6) is 0 Å². The molecule has 1 rings (SSSR count). The Morgan fingerprint density at radius 3 is 2.30 bits per heavy atom. The van der Waals surface area contributed by atoms with Crippen LogP contribution in [0.15, 0.2) is 24.3 Å². The van der Waals surface area contributed by atoms with Gasteiger partial charge in [-0.3, -0.25) is 4.79 Å². The molecular weight excluding hydrogens is 298 g/mol. The Morgan fingerprint density at radius 2 is 1.78 bits per heavy atom. The van der Waals surface area contributed by atoms with Crippen LogP contribution < -0.4 is 16.0 Å². The fourth-order valence-electron chi connectivity index (χ4n) is 1.98. The molecule has 0 saturated heterocycles. The van der Waals surface area contributed by atoms with Gasteiger partial charge >= 0.3 is 12.0 Å². The number of esters is 1. The van der Waals surface area contributed by atoms with Crippen LogP contribution in [-0.2, 0) is 14.3 Å². The molecule has 0 saturated carbocycles.